The predicted molar refractivity (Wildman–Crippen MR) is 59.1 cm³/mol. The molecule has 0 spiro atoms. The molecule has 17 heavy (non-hydrogen) atoms. The van der Waals surface area contributed by atoms with Crippen LogP contribution < -0.4 is 0 Å². The first-order chi connectivity index (χ1) is 8.20. The molecule has 0 aliphatic carbocycles. The number of furan rings is 1. The summed E-state index contributed by atoms with van der Waals surface area (Å²) in [5, 5.41) is 0. The Labute approximate surface area is 99.3 Å². The van der Waals surface area contributed by atoms with Crippen molar-refractivity contribution >= 4 is 11.9 Å². The van der Waals surface area contributed by atoms with Gasteiger partial charge in [-0.05, 0) is 18.1 Å². The van der Waals surface area contributed by atoms with Crippen LogP contribution in [0.4, 0.5) is 0 Å². The first-order valence-electron chi connectivity index (χ1n) is 5.57. The van der Waals surface area contributed by atoms with Gasteiger partial charge < -0.3 is 14.1 Å². The van der Waals surface area contributed by atoms with Crippen LogP contribution in [0.15, 0.2) is 23.0 Å². The zero-order chi connectivity index (χ0) is 12.3. The Hall–Kier alpha value is -1.78. The van der Waals surface area contributed by atoms with Crippen molar-refractivity contribution in [1.82, 2.24) is 4.90 Å². The van der Waals surface area contributed by atoms with Gasteiger partial charge in [0, 0.05) is 19.5 Å². The molecule has 1 fully saturated rings. The largest absolute Gasteiger partial charge is 0.472 e. The Morgan fingerprint density at radius 3 is 3.12 bits per heavy atom. The van der Waals surface area contributed by atoms with E-state index in [1.807, 2.05) is 6.07 Å². The second kappa shape index (κ2) is 5.03. The number of nitrogens with zero attached hydrogens (tertiary/aromatic N) is 1. The number of hydrogen-bond donors (Lipinski definition) is 0. The predicted octanol–water partition coefficient (Wildman–Crippen LogP) is 0.844. The van der Waals surface area contributed by atoms with Crippen molar-refractivity contribution in [3.05, 3.63) is 24.2 Å². The number of hydrogen-bond acceptors (Lipinski definition) is 4. The van der Waals surface area contributed by atoms with E-state index >= 15 is 0 Å². The Kier molecular flexibility index (Phi) is 3.46. The highest BCUT2D eigenvalue weighted by molar-refractivity contribution is 5.86. The Bertz CT molecular complexity index is 399. The van der Waals surface area contributed by atoms with E-state index in [2.05, 4.69) is 4.74 Å². The minimum Gasteiger partial charge on any atom is -0.472 e. The maximum Gasteiger partial charge on any atom is 0.310 e. The molecule has 1 aromatic heterocycles. The van der Waals surface area contributed by atoms with Gasteiger partial charge in [-0.1, -0.05) is 0 Å². The van der Waals surface area contributed by atoms with Crippen LogP contribution in [0.25, 0.3) is 0 Å². The summed E-state index contributed by atoms with van der Waals surface area (Å²) in [4.78, 5) is 24.7. The van der Waals surface area contributed by atoms with Crippen LogP contribution in [0.1, 0.15) is 12.0 Å². The number of amides is 1. The van der Waals surface area contributed by atoms with Gasteiger partial charge in [0.05, 0.1) is 25.6 Å². The molecular weight excluding hydrogens is 222 g/mol. The maximum atomic E-state index is 11.7. The lowest BCUT2D eigenvalue weighted by Gasteiger charge is -2.15. The Balaban J connectivity index is 1.86. The second-order valence-corrected chi connectivity index (χ2v) is 4.15. The molecule has 2 heterocycles. The third-order valence-electron chi connectivity index (χ3n) is 3.00. The lowest BCUT2D eigenvalue weighted by molar-refractivity contribution is -0.145. The van der Waals surface area contributed by atoms with E-state index in [-0.39, 0.29) is 24.2 Å². The van der Waals surface area contributed by atoms with Gasteiger partial charge >= 0.3 is 5.97 Å². The summed E-state index contributed by atoms with van der Waals surface area (Å²) in [7, 11) is 1.35. The number of carbonyl (C=O) groups excluding carboxylic acids is 2. The molecule has 0 bridgehead atoms. The fraction of sp³-hybridized carbons (Fsp3) is 0.500. The van der Waals surface area contributed by atoms with Crippen molar-refractivity contribution in [2.45, 2.75) is 12.8 Å². The average molecular weight is 237 g/mol. The standard InChI is InChI=1S/C12H15NO4/c1-16-12(15)10-6-11(14)13(7-10)4-2-9-3-5-17-8-9/h3,5,8,10H,2,4,6-7H2,1H3. The monoisotopic (exact) mass is 237 g/mol. The van der Waals surface area contributed by atoms with Gasteiger partial charge in [-0.15, -0.1) is 0 Å². The summed E-state index contributed by atoms with van der Waals surface area (Å²) in [6.45, 7) is 1.08. The van der Waals surface area contributed by atoms with E-state index in [1.165, 1.54) is 7.11 Å². The van der Waals surface area contributed by atoms with Crippen LogP contribution in [0.5, 0.6) is 0 Å². The van der Waals surface area contributed by atoms with Crippen molar-refractivity contribution in [1.29, 1.82) is 0 Å². The van der Waals surface area contributed by atoms with Crippen molar-refractivity contribution in [2.24, 2.45) is 5.92 Å². The summed E-state index contributed by atoms with van der Waals surface area (Å²) >= 11 is 0. The number of likely N-dealkylation sites (tertiary alicyclic amines) is 1. The topological polar surface area (TPSA) is 59.8 Å². The molecule has 1 aliphatic heterocycles. The molecule has 2 rings (SSSR count). The molecule has 0 aromatic carbocycles. The molecule has 92 valence electrons. The molecule has 1 atom stereocenters. The average Bonchev–Trinajstić information content (AvgIpc) is 2.95. The minimum atomic E-state index is -0.308. The first-order valence-corrected chi connectivity index (χ1v) is 5.57. The van der Waals surface area contributed by atoms with Crippen LogP contribution in [0, 0.1) is 5.92 Å². The smallest absolute Gasteiger partial charge is 0.310 e. The Morgan fingerprint density at radius 1 is 1.65 bits per heavy atom. The maximum absolute atomic E-state index is 11.7. The van der Waals surface area contributed by atoms with Gasteiger partial charge in [0.15, 0.2) is 0 Å². The quantitative estimate of drug-likeness (QED) is 0.728. The fourth-order valence-electron chi connectivity index (χ4n) is 2.01. The third-order valence-corrected chi connectivity index (χ3v) is 3.00. The van der Waals surface area contributed by atoms with E-state index in [4.69, 9.17) is 4.42 Å². The highest BCUT2D eigenvalue weighted by Gasteiger charge is 2.34. The first kappa shape index (κ1) is 11.7. The van der Waals surface area contributed by atoms with Crippen LogP contribution in [0.2, 0.25) is 0 Å². The molecule has 0 radical (unpaired) electrons. The normalized spacial score (nSPS) is 19.7. The summed E-state index contributed by atoms with van der Waals surface area (Å²) in [6.07, 6.45) is 4.28. The second-order valence-electron chi connectivity index (χ2n) is 4.15. The van der Waals surface area contributed by atoms with Crippen LogP contribution in [0.3, 0.4) is 0 Å². The van der Waals surface area contributed by atoms with Crippen molar-refractivity contribution in [3.8, 4) is 0 Å². The number of rotatable bonds is 4. The molecule has 1 aromatic rings. The van der Waals surface area contributed by atoms with E-state index in [0.29, 0.717) is 13.1 Å². The van der Waals surface area contributed by atoms with Gasteiger partial charge in [0.2, 0.25) is 5.91 Å². The van der Waals surface area contributed by atoms with Crippen LogP contribution >= 0.6 is 0 Å². The zero-order valence-corrected chi connectivity index (χ0v) is 9.72. The van der Waals surface area contributed by atoms with Crippen LogP contribution in [-0.2, 0) is 20.7 Å². The van der Waals surface area contributed by atoms with Crippen molar-refractivity contribution < 1.29 is 18.7 Å². The van der Waals surface area contributed by atoms with E-state index in [1.54, 1.807) is 17.4 Å². The molecule has 1 saturated heterocycles. The Morgan fingerprint density at radius 2 is 2.47 bits per heavy atom. The zero-order valence-electron chi connectivity index (χ0n) is 9.72. The number of methoxy groups -OCH3 is 1. The number of carbonyl (C=O) groups is 2. The molecule has 5 nitrogen and oxygen atoms in total. The van der Waals surface area contributed by atoms with Crippen LogP contribution in [-0.4, -0.2) is 37.0 Å². The molecule has 0 saturated carbocycles. The van der Waals surface area contributed by atoms with E-state index < -0.39 is 0 Å². The van der Waals surface area contributed by atoms with Gasteiger partial charge in [0.1, 0.15) is 0 Å². The van der Waals surface area contributed by atoms with Gasteiger partial charge in [-0.25, -0.2) is 0 Å². The minimum absolute atomic E-state index is 0.0175. The van der Waals surface area contributed by atoms with Crippen molar-refractivity contribution in [3.63, 3.8) is 0 Å². The summed E-state index contributed by atoms with van der Waals surface area (Å²) < 4.78 is 9.60. The SMILES string of the molecule is COC(=O)C1CC(=O)N(CCc2ccoc2)C1. The summed E-state index contributed by atoms with van der Waals surface area (Å²) in [5.41, 5.74) is 1.05. The molecule has 1 amide bonds. The lowest BCUT2D eigenvalue weighted by atomic mass is 10.1. The third kappa shape index (κ3) is 2.67. The molecule has 5 heteroatoms. The van der Waals surface area contributed by atoms with E-state index in [0.717, 1.165) is 12.0 Å². The lowest BCUT2D eigenvalue weighted by Crippen LogP contribution is -2.28. The van der Waals surface area contributed by atoms with Gasteiger partial charge in [0.25, 0.3) is 0 Å². The highest BCUT2D eigenvalue weighted by Crippen LogP contribution is 2.19. The highest BCUT2D eigenvalue weighted by atomic mass is 16.5. The molecule has 0 N–H and O–H groups in total. The fourth-order valence-corrected chi connectivity index (χ4v) is 2.01. The van der Waals surface area contributed by atoms with Gasteiger partial charge in [-0.3, -0.25) is 9.59 Å². The number of esters is 1. The molecule has 1 aliphatic rings. The summed E-state index contributed by atoms with van der Waals surface area (Å²) in [6, 6.07) is 1.87. The molecule has 1 unspecified atom stereocenters. The summed E-state index contributed by atoms with van der Waals surface area (Å²) in [5.74, 6) is -0.593. The van der Waals surface area contributed by atoms with Crippen molar-refractivity contribution in [2.75, 3.05) is 20.2 Å². The molecular formula is C12H15NO4. The van der Waals surface area contributed by atoms with E-state index in [9.17, 15) is 9.59 Å². The number of ether oxygens (including phenoxy) is 1. The van der Waals surface area contributed by atoms with Gasteiger partial charge in [-0.2, -0.15) is 0 Å².